The quantitative estimate of drug-likeness (QED) is 0.662. The lowest BCUT2D eigenvalue weighted by Crippen LogP contribution is -1.94. The van der Waals surface area contributed by atoms with E-state index in [0.717, 1.165) is 22.4 Å². The first-order valence-electron chi connectivity index (χ1n) is 5.76. The smallest absolute Gasteiger partial charge is 0.197 e. The van der Waals surface area contributed by atoms with Gasteiger partial charge in [-0.05, 0) is 25.1 Å². The fourth-order valence-electron chi connectivity index (χ4n) is 1.91. The van der Waals surface area contributed by atoms with Crippen LogP contribution in [0, 0.1) is 6.92 Å². The number of alkyl halides is 1. The maximum absolute atomic E-state index is 6.32. The van der Waals surface area contributed by atoms with Crippen LogP contribution in [0.3, 0.4) is 0 Å². The standard InChI is InChI=1S/C14H12ClNO2/c1-9-6-10(8-17-9)11(15)7-14-16-12-4-2-3-5-13(12)18-14/h2-6,8,11H,7H2,1H3. The fourth-order valence-corrected chi connectivity index (χ4v) is 2.15. The normalized spacial score (nSPS) is 13.0. The summed E-state index contributed by atoms with van der Waals surface area (Å²) in [7, 11) is 0. The molecule has 1 unspecified atom stereocenters. The first-order chi connectivity index (χ1) is 8.72. The van der Waals surface area contributed by atoms with Crippen molar-refractivity contribution in [3.63, 3.8) is 0 Å². The second kappa shape index (κ2) is 4.50. The van der Waals surface area contributed by atoms with Crippen molar-refractivity contribution in [3.8, 4) is 0 Å². The number of furan rings is 1. The number of aryl methyl sites for hydroxylation is 1. The monoisotopic (exact) mass is 261 g/mol. The molecule has 2 aromatic heterocycles. The van der Waals surface area contributed by atoms with Gasteiger partial charge in [-0.25, -0.2) is 4.98 Å². The van der Waals surface area contributed by atoms with Crippen molar-refractivity contribution in [2.75, 3.05) is 0 Å². The molecule has 0 fully saturated rings. The molecule has 92 valence electrons. The van der Waals surface area contributed by atoms with Gasteiger partial charge in [-0.1, -0.05) is 12.1 Å². The summed E-state index contributed by atoms with van der Waals surface area (Å²) in [5.41, 5.74) is 2.61. The lowest BCUT2D eigenvalue weighted by molar-refractivity contribution is 0.518. The van der Waals surface area contributed by atoms with Crippen molar-refractivity contribution < 1.29 is 8.83 Å². The number of halogens is 1. The van der Waals surface area contributed by atoms with E-state index in [9.17, 15) is 0 Å². The number of oxazole rings is 1. The lowest BCUT2D eigenvalue weighted by Gasteiger charge is -2.02. The summed E-state index contributed by atoms with van der Waals surface area (Å²) < 4.78 is 10.9. The second-order valence-electron chi connectivity index (χ2n) is 4.24. The Balaban J connectivity index is 1.83. The first kappa shape index (κ1) is 11.4. The molecular weight excluding hydrogens is 250 g/mol. The van der Waals surface area contributed by atoms with Crippen molar-refractivity contribution in [1.29, 1.82) is 0 Å². The van der Waals surface area contributed by atoms with E-state index in [-0.39, 0.29) is 5.38 Å². The first-order valence-corrected chi connectivity index (χ1v) is 6.19. The highest BCUT2D eigenvalue weighted by Crippen LogP contribution is 2.27. The van der Waals surface area contributed by atoms with Gasteiger partial charge in [0.1, 0.15) is 11.3 Å². The highest BCUT2D eigenvalue weighted by molar-refractivity contribution is 6.20. The summed E-state index contributed by atoms with van der Waals surface area (Å²) in [4.78, 5) is 4.40. The van der Waals surface area contributed by atoms with E-state index in [2.05, 4.69) is 4.98 Å². The van der Waals surface area contributed by atoms with Crippen molar-refractivity contribution in [3.05, 3.63) is 53.8 Å². The molecule has 4 heteroatoms. The number of para-hydroxylation sites is 2. The Kier molecular flexibility index (Phi) is 2.84. The van der Waals surface area contributed by atoms with E-state index in [1.54, 1.807) is 6.26 Å². The van der Waals surface area contributed by atoms with Crippen molar-refractivity contribution in [2.45, 2.75) is 18.7 Å². The number of benzene rings is 1. The zero-order valence-corrected chi connectivity index (χ0v) is 10.6. The maximum atomic E-state index is 6.32. The lowest BCUT2D eigenvalue weighted by atomic mass is 10.2. The van der Waals surface area contributed by atoms with Gasteiger partial charge in [-0.3, -0.25) is 0 Å². The minimum absolute atomic E-state index is 0.185. The third-order valence-corrected chi connectivity index (χ3v) is 3.21. The van der Waals surface area contributed by atoms with Gasteiger partial charge in [0.15, 0.2) is 11.5 Å². The highest BCUT2D eigenvalue weighted by atomic mass is 35.5. The molecule has 0 amide bonds. The minimum Gasteiger partial charge on any atom is -0.469 e. The molecule has 18 heavy (non-hydrogen) atoms. The van der Waals surface area contributed by atoms with Crippen LogP contribution in [0.2, 0.25) is 0 Å². The van der Waals surface area contributed by atoms with Gasteiger partial charge in [0.2, 0.25) is 0 Å². The number of hydrogen-bond acceptors (Lipinski definition) is 3. The van der Waals surface area contributed by atoms with E-state index in [1.807, 2.05) is 37.3 Å². The molecule has 0 aliphatic heterocycles. The third-order valence-electron chi connectivity index (χ3n) is 2.80. The molecule has 0 bridgehead atoms. The SMILES string of the molecule is Cc1cc(C(Cl)Cc2nc3ccccc3o2)co1. The molecule has 2 heterocycles. The molecule has 0 spiro atoms. The highest BCUT2D eigenvalue weighted by Gasteiger charge is 2.15. The van der Waals surface area contributed by atoms with Gasteiger partial charge in [0, 0.05) is 12.0 Å². The number of hydrogen-bond donors (Lipinski definition) is 0. The van der Waals surface area contributed by atoms with Crippen LogP contribution in [-0.2, 0) is 6.42 Å². The number of fused-ring (bicyclic) bond motifs is 1. The molecule has 1 aromatic carbocycles. The van der Waals surface area contributed by atoms with Gasteiger partial charge >= 0.3 is 0 Å². The van der Waals surface area contributed by atoms with Gasteiger partial charge in [0.05, 0.1) is 11.6 Å². The van der Waals surface area contributed by atoms with Crippen LogP contribution in [0.15, 0.2) is 45.4 Å². The molecule has 0 aliphatic rings. The van der Waals surface area contributed by atoms with Gasteiger partial charge in [-0.2, -0.15) is 0 Å². The van der Waals surface area contributed by atoms with Crippen LogP contribution in [0.1, 0.15) is 22.6 Å². The molecule has 1 atom stereocenters. The van der Waals surface area contributed by atoms with Crippen molar-refractivity contribution in [1.82, 2.24) is 4.98 Å². The van der Waals surface area contributed by atoms with Crippen LogP contribution >= 0.6 is 11.6 Å². The van der Waals surface area contributed by atoms with Crippen LogP contribution in [-0.4, -0.2) is 4.98 Å². The molecule has 3 aromatic rings. The van der Waals surface area contributed by atoms with Crippen molar-refractivity contribution in [2.24, 2.45) is 0 Å². The molecule has 0 aliphatic carbocycles. The van der Waals surface area contributed by atoms with E-state index in [1.165, 1.54) is 0 Å². The van der Waals surface area contributed by atoms with Crippen molar-refractivity contribution >= 4 is 22.7 Å². The summed E-state index contributed by atoms with van der Waals surface area (Å²) in [6.07, 6.45) is 2.23. The number of aromatic nitrogens is 1. The van der Waals surface area contributed by atoms with E-state index >= 15 is 0 Å². The Morgan fingerprint density at radius 2 is 2.17 bits per heavy atom. The second-order valence-corrected chi connectivity index (χ2v) is 4.76. The number of nitrogens with zero attached hydrogens (tertiary/aromatic N) is 1. The van der Waals surface area contributed by atoms with Gasteiger partial charge < -0.3 is 8.83 Å². The summed E-state index contributed by atoms with van der Waals surface area (Å²) in [5.74, 6) is 1.50. The Hall–Kier alpha value is -1.74. The van der Waals surface area contributed by atoms with Crippen LogP contribution < -0.4 is 0 Å². The topological polar surface area (TPSA) is 39.2 Å². The zero-order valence-electron chi connectivity index (χ0n) is 9.89. The summed E-state index contributed by atoms with van der Waals surface area (Å²) >= 11 is 6.32. The summed E-state index contributed by atoms with van der Waals surface area (Å²) in [5, 5.41) is -0.185. The average molecular weight is 262 g/mol. The van der Waals surface area contributed by atoms with Crippen LogP contribution in [0.25, 0.3) is 11.1 Å². The molecular formula is C14H12ClNO2. The predicted molar refractivity (Wildman–Crippen MR) is 69.8 cm³/mol. The van der Waals surface area contributed by atoms with Gasteiger partial charge in [0.25, 0.3) is 0 Å². The molecule has 3 nitrogen and oxygen atoms in total. The molecule has 0 N–H and O–H groups in total. The Morgan fingerprint density at radius 3 is 2.89 bits per heavy atom. The zero-order chi connectivity index (χ0) is 12.5. The summed E-state index contributed by atoms with van der Waals surface area (Å²) in [6, 6.07) is 9.62. The third kappa shape index (κ3) is 2.14. The van der Waals surface area contributed by atoms with Gasteiger partial charge in [-0.15, -0.1) is 11.6 Å². The summed E-state index contributed by atoms with van der Waals surface area (Å²) in [6.45, 7) is 1.90. The van der Waals surface area contributed by atoms with Crippen LogP contribution in [0.5, 0.6) is 0 Å². The Labute approximate surface area is 109 Å². The largest absolute Gasteiger partial charge is 0.469 e. The van der Waals surface area contributed by atoms with E-state index in [4.69, 9.17) is 20.4 Å². The molecule has 0 saturated heterocycles. The fraction of sp³-hybridized carbons (Fsp3) is 0.214. The minimum atomic E-state index is -0.185. The molecule has 0 saturated carbocycles. The Bertz CT molecular complexity index is 638. The number of rotatable bonds is 3. The molecule has 3 rings (SSSR count). The maximum Gasteiger partial charge on any atom is 0.197 e. The van der Waals surface area contributed by atoms with E-state index < -0.39 is 0 Å². The van der Waals surface area contributed by atoms with Crippen LogP contribution in [0.4, 0.5) is 0 Å². The molecule has 0 radical (unpaired) electrons. The predicted octanol–water partition coefficient (Wildman–Crippen LogP) is 4.25. The Morgan fingerprint density at radius 1 is 1.33 bits per heavy atom. The average Bonchev–Trinajstić information content (AvgIpc) is 2.94. The van der Waals surface area contributed by atoms with E-state index in [0.29, 0.717) is 12.3 Å².